The van der Waals surface area contributed by atoms with E-state index in [-0.39, 0.29) is 11.3 Å². The first-order valence-corrected chi connectivity index (χ1v) is 10.3. The third kappa shape index (κ3) is 4.74. The molecule has 0 saturated heterocycles. The largest absolute Gasteiger partial charge is 0.493 e. The lowest BCUT2D eigenvalue weighted by molar-refractivity contribution is -0.386. The number of nitro groups is 1. The Morgan fingerprint density at radius 3 is 2.20 bits per heavy atom. The zero-order valence-electron chi connectivity index (χ0n) is 19.1. The van der Waals surface area contributed by atoms with E-state index in [9.17, 15) is 14.9 Å². The minimum atomic E-state index is -0.641. The van der Waals surface area contributed by atoms with Crippen LogP contribution in [-0.2, 0) is 0 Å². The molecule has 0 atom stereocenters. The number of para-hydroxylation sites is 1. The Morgan fingerprint density at radius 1 is 0.886 bits per heavy atom. The number of rotatable bonds is 8. The number of nitrogens with one attached hydrogen (secondary N) is 2. The van der Waals surface area contributed by atoms with Gasteiger partial charge in [-0.1, -0.05) is 6.07 Å². The second-order valence-electron chi connectivity index (χ2n) is 7.22. The fourth-order valence-electron chi connectivity index (χ4n) is 3.51. The van der Waals surface area contributed by atoms with Crippen LogP contribution in [-0.4, -0.2) is 42.1 Å². The van der Waals surface area contributed by atoms with Crippen LogP contribution in [0.4, 0.5) is 22.9 Å². The smallest absolute Gasteiger partial charge is 0.323 e. The van der Waals surface area contributed by atoms with Crippen molar-refractivity contribution in [2.75, 3.05) is 32.0 Å². The van der Waals surface area contributed by atoms with Crippen molar-refractivity contribution >= 4 is 39.7 Å². The van der Waals surface area contributed by atoms with Crippen molar-refractivity contribution < 1.29 is 23.9 Å². The first-order valence-electron chi connectivity index (χ1n) is 10.3. The van der Waals surface area contributed by atoms with E-state index in [4.69, 9.17) is 14.2 Å². The van der Waals surface area contributed by atoms with E-state index in [2.05, 4.69) is 20.6 Å². The van der Waals surface area contributed by atoms with Gasteiger partial charge in [0.05, 0.1) is 31.8 Å². The predicted molar refractivity (Wildman–Crippen MR) is 130 cm³/mol. The first-order chi connectivity index (χ1) is 16.9. The first kappa shape index (κ1) is 23.2. The van der Waals surface area contributed by atoms with E-state index in [1.165, 1.54) is 31.6 Å². The quantitative estimate of drug-likeness (QED) is 0.277. The second kappa shape index (κ2) is 9.91. The van der Waals surface area contributed by atoms with Crippen LogP contribution in [0.1, 0.15) is 10.4 Å². The molecule has 11 heteroatoms. The standard InChI is InChI=1S/C24H21N5O6/c1-33-19-6-4-5-16(22(19)29(31)32)24(30)28-15-9-7-14(8-10-15)27-23-17-11-20(34-2)21(35-3)12-18(17)25-13-26-23/h4-13H,1-3H3,(H,28,30)(H,25,26,27). The van der Waals surface area contributed by atoms with Gasteiger partial charge in [0, 0.05) is 22.8 Å². The van der Waals surface area contributed by atoms with E-state index >= 15 is 0 Å². The number of hydrogen-bond acceptors (Lipinski definition) is 9. The molecule has 0 unspecified atom stereocenters. The highest BCUT2D eigenvalue weighted by Crippen LogP contribution is 2.35. The maximum absolute atomic E-state index is 12.7. The van der Waals surface area contributed by atoms with Gasteiger partial charge in [-0.2, -0.15) is 0 Å². The van der Waals surface area contributed by atoms with Crippen LogP contribution in [0.15, 0.2) is 60.9 Å². The van der Waals surface area contributed by atoms with Crippen molar-refractivity contribution in [2.24, 2.45) is 0 Å². The predicted octanol–water partition coefficient (Wildman–Crippen LogP) is 4.56. The van der Waals surface area contributed by atoms with Gasteiger partial charge in [-0.15, -0.1) is 0 Å². The average Bonchev–Trinajstić information content (AvgIpc) is 2.88. The van der Waals surface area contributed by atoms with E-state index < -0.39 is 16.5 Å². The number of ether oxygens (including phenoxy) is 3. The molecule has 0 spiro atoms. The number of fused-ring (bicyclic) bond motifs is 1. The zero-order chi connectivity index (χ0) is 24.9. The van der Waals surface area contributed by atoms with Gasteiger partial charge in [-0.25, -0.2) is 9.97 Å². The van der Waals surface area contributed by atoms with E-state index in [0.717, 1.165) is 5.39 Å². The van der Waals surface area contributed by atoms with Crippen molar-refractivity contribution in [2.45, 2.75) is 0 Å². The Hall–Kier alpha value is -4.93. The van der Waals surface area contributed by atoms with Gasteiger partial charge in [-0.05, 0) is 42.5 Å². The van der Waals surface area contributed by atoms with Crippen LogP contribution in [0.3, 0.4) is 0 Å². The fourth-order valence-corrected chi connectivity index (χ4v) is 3.51. The number of nitrogens with zero attached hydrogens (tertiary/aromatic N) is 3. The minimum Gasteiger partial charge on any atom is -0.493 e. The van der Waals surface area contributed by atoms with Gasteiger partial charge in [-0.3, -0.25) is 14.9 Å². The van der Waals surface area contributed by atoms with E-state index in [0.29, 0.717) is 34.2 Å². The van der Waals surface area contributed by atoms with E-state index in [1.807, 2.05) is 0 Å². The van der Waals surface area contributed by atoms with Crippen molar-refractivity contribution in [1.29, 1.82) is 0 Å². The van der Waals surface area contributed by atoms with Gasteiger partial charge in [0.25, 0.3) is 5.91 Å². The molecule has 178 valence electrons. The number of nitro benzene ring substituents is 1. The highest BCUT2D eigenvalue weighted by Gasteiger charge is 2.25. The van der Waals surface area contributed by atoms with E-state index in [1.54, 1.807) is 50.6 Å². The normalized spacial score (nSPS) is 10.5. The summed E-state index contributed by atoms with van der Waals surface area (Å²) >= 11 is 0. The summed E-state index contributed by atoms with van der Waals surface area (Å²) in [6.07, 6.45) is 1.44. The molecule has 11 nitrogen and oxygen atoms in total. The molecule has 0 fully saturated rings. The lowest BCUT2D eigenvalue weighted by Crippen LogP contribution is -2.14. The Labute approximate surface area is 199 Å². The number of benzene rings is 3. The molecule has 3 aromatic carbocycles. The zero-order valence-corrected chi connectivity index (χ0v) is 19.1. The fraction of sp³-hybridized carbons (Fsp3) is 0.125. The number of anilines is 3. The summed E-state index contributed by atoms with van der Waals surface area (Å²) < 4.78 is 15.7. The third-order valence-corrected chi connectivity index (χ3v) is 5.19. The molecule has 1 aromatic heterocycles. The topological polar surface area (TPSA) is 138 Å². The van der Waals surface area contributed by atoms with Gasteiger partial charge >= 0.3 is 5.69 Å². The van der Waals surface area contributed by atoms with Crippen LogP contribution < -0.4 is 24.8 Å². The second-order valence-corrected chi connectivity index (χ2v) is 7.22. The molecule has 1 amide bonds. The lowest BCUT2D eigenvalue weighted by atomic mass is 10.1. The molecule has 0 saturated carbocycles. The molecule has 1 heterocycles. The summed E-state index contributed by atoms with van der Waals surface area (Å²) in [4.78, 5) is 32.1. The molecule has 35 heavy (non-hydrogen) atoms. The van der Waals surface area contributed by atoms with Crippen molar-refractivity contribution in [3.8, 4) is 17.2 Å². The third-order valence-electron chi connectivity index (χ3n) is 5.19. The summed E-state index contributed by atoms with van der Waals surface area (Å²) in [7, 11) is 4.41. The summed E-state index contributed by atoms with van der Waals surface area (Å²) in [6, 6.07) is 14.7. The molecular formula is C24H21N5O6. The van der Waals surface area contributed by atoms with Gasteiger partial charge in [0.1, 0.15) is 17.7 Å². The SMILES string of the molecule is COc1cc2ncnc(Nc3ccc(NC(=O)c4cccc(OC)c4[N+](=O)[O-])cc3)c2cc1OC. The number of carbonyl (C=O) groups is 1. The maximum atomic E-state index is 12.7. The van der Waals surface area contributed by atoms with Crippen molar-refractivity contribution in [1.82, 2.24) is 9.97 Å². The molecule has 0 aliphatic carbocycles. The number of aromatic nitrogens is 2. The Morgan fingerprint density at radius 2 is 1.54 bits per heavy atom. The summed E-state index contributed by atoms with van der Waals surface area (Å²) in [5.74, 6) is 1.04. The van der Waals surface area contributed by atoms with Gasteiger partial charge < -0.3 is 24.8 Å². The molecule has 0 radical (unpaired) electrons. The van der Waals surface area contributed by atoms with Crippen LogP contribution in [0.5, 0.6) is 17.2 Å². The number of methoxy groups -OCH3 is 3. The lowest BCUT2D eigenvalue weighted by Gasteiger charge is -2.12. The van der Waals surface area contributed by atoms with Crippen LogP contribution in [0, 0.1) is 10.1 Å². The molecule has 4 aromatic rings. The molecule has 0 aliphatic heterocycles. The summed E-state index contributed by atoms with van der Waals surface area (Å²) in [5, 5.41) is 18.1. The molecule has 0 bridgehead atoms. The summed E-state index contributed by atoms with van der Waals surface area (Å²) in [5.41, 5.74) is 1.33. The van der Waals surface area contributed by atoms with Crippen molar-refractivity contribution in [3.05, 3.63) is 76.6 Å². The Balaban J connectivity index is 1.55. The number of hydrogen-bond donors (Lipinski definition) is 2. The maximum Gasteiger partial charge on any atom is 0.323 e. The average molecular weight is 475 g/mol. The molecule has 0 aliphatic rings. The highest BCUT2D eigenvalue weighted by molar-refractivity contribution is 6.07. The van der Waals surface area contributed by atoms with Crippen molar-refractivity contribution in [3.63, 3.8) is 0 Å². The number of amides is 1. The van der Waals surface area contributed by atoms with Crippen LogP contribution >= 0.6 is 0 Å². The monoisotopic (exact) mass is 475 g/mol. The Kier molecular flexibility index (Phi) is 6.58. The summed E-state index contributed by atoms with van der Waals surface area (Å²) in [6.45, 7) is 0. The molecular weight excluding hydrogens is 454 g/mol. The van der Waals surface area contributed by atoms with Gasteiger partial charge in [0.15, 0.2) is 17.2 Å². The van der Waals surface area contributed by atoms with Gasteiger partial charge in [0.2, 0.25) is 0 Å². The molecule has 2 N–H and O–H groups in total. The Bertz CT molecular complexity index is 1410. The molecule has 4 rings (SSSR count). The highest BCUT2D eigenvalue weighted by atomic mass is 16.6. The van der Waals surface area contributed by atoms with Crippen LogP contribution in [0.2, 0.25) is 0 Å². The minimum absolute atomic E-state index is 0.00789. The van der Waals surface area contributed by atoms with Crippen LogP contribution in [0.25, 0.3) is 10.9 Å². The number of carbonyl (C=O) groups excluding carboxylic acids is 1.